The third-order valence-electron chi connectivity index (χ3n) is 6.42. The van der Waals surface area contributed by atoms with E-state index in [9.17, 15) is 9.35 Å². The Morgan fingerprint density at radius 2 is 1.90 bits per heavy atom. The first-order valence-corrected chi connectivity index (χ1v) is 11.8. The highest BCUT2D eigenvalue weighted by atomic mass is 32.2. The standard InChI is InChI=1S/C23H30N4O3S/c1-22(2,3)31(29)26-19-17-8-6-5-7-16(17)15-23(19)9-13-27(14-10-23)20-18(21(28)30-4)24-11-12-25-20/h5-8,11-12,19,26H,9-10,13-15H2,1-4H3/t19-,31-/m1/s1. The Morgan fingerprint density at radius 3 is 2.58 bits per heavy atom. The highest BCUT2D eigenvalue weighted by Crippen LogP contribution is 2.52. The molecule has 0 radical (unpaired) electrons. The summed E-state index contributed by atoms with van der Waals surface area (Å²) < 4.78 is 21.0. The third-order valence-corrected chi connectivity index (χ3v) is 7.98. The van der Waals surface area contributed by atoms with Gasteiger partial charge >= 0.3 is 5.97 Å². The topological polar surface area (TPSA) is 90.4 Å². The summed E-state index contributed by atoms with van der Waals surface area (Å²) in [7, 11) is 1.35. The number of hydrogen-bond donors (Lipinski definition) is 1. The Morgan fingerprint density at radius 1 is 1.23 bits per heavy atom. The van der Waals surface area contributed by atoms with Gasteiger partial charge in [-0.15, -0.1) is 4.72 Å². The van der Waals surface area contributed by atoms with E-state index in [4.69, 9.17) is 4.74 Å². The Balaban J connectivity index is 1.59. The fourth-order valence-corrected chi connectivity index (χ4v) is 5.64. The molecule has 1 saturated heterocycles. The van der Waals surface area contributed by atoms with Crippen molar-refractivity contribution in [2.45, 2.75) is 50.8 Å². The van der Waals surface area contributed by atoms with E-state index < -0.39 is 17.3 Å². The van der Waals surface area contributed by atoms with Gasteiger partial charge in [-0.2, -0.15) is 0 Å². The summed E-state index contributed by atoms with van der Waals surface area (Å²) in [4.78, 5) is 22.9. The number of nitrogens with zero attached hydrogens (tertiary/aromatic N) is 3. The van der Waals surface area contributed by atoms with Crippen LogP contribution in [0.15, 0.2) is 36.7 Å². The van der Waals surface area contributed by atoms with Crippen LogP contribution in [0.1, 0.15) is 61.3 Å². The fraction of sp³-hybridized carbons (Fsp3) is 0.522. The van der Waals surface area contributed by atoms with E-state index in [2.05, 4.69) is 43.9 Å². The fourth-order valence-electron chi connectivity index (χ4n) is 4.69. The molecule has 31 heavy (non-hydrogen) atoms. The van der Waals surface area contributed by atoms with Crippen molar-refractivity contribution in [3.63, 3.8) is 0 Å². The first-order valence-electron chi connectivity index (χ1n) is 10.7. The van der Waals surface area contributed by atoms with E-state index in [1.807, 2.05) is 20.8 Å². The van der Waals surface area contributed by atoms with Gasteiger partial charge in [0, 0.05) is 42.3 Å². The van der Waals surface area contributed by atoms with E-state index in [1.165, 1.54) is 24.4 Å². The number of hydrogen-bond acceptors (Lipinski definition) is 7. The van der Waals surface area contributed by atoms with Crippen LogP contribution in [0.3, 0.4) is 0 Å². The number of anilines is 1. The molecule has 1 aliphatic heterocycles. The molecule has 4 rings (SSSR count). The highest BCUT2D eigenvalue weighted by molar-refractivity contribution is 7.90. The molecule has 0 amide bonds. The number of ether oxygens (including phenoxy) is 1. The van der Waals surface area contributed by atoms with Gasteiger partial charge < -0.3 is 14.2 Å². The number of carbonyl (C=O) groups excluding carboxylic acids is 1. The minimum Gasteiger partial charge on any atom is -0.598 e. The molecule has 2 aromatic rings. The van der Waals surface area contributed by atoms with Crippen LogP contribution in [0.25, 0.3) is 0 Å². The van der Waals surface area contributed by atoms with Crippen LogP contribution in [-0.4, -0.2) is 45.4 Å². The molecule has 0 unspecified atom stereocenters. The number of piperidine rings is 1. The number of aromatic nitrogens is 2. The zero-order chi connectivity index (χ0) is 22.2. The van der Waals surface area contributed by atoms with Gasteiger partial charge in [0.1, 0.15) is 4.75 Å². The quantitative estimate of drug-likeness (QED) is 0.574. The SMILES string of the molecule is COC(=O)c1nccnc1N1CCC2(CC1)Cc1ccccc1[C@H]2N[S@+]([O-])C(C)(C)C. The van der Waals surface area contributed by atoms with Gasteiger partial charge in [0.2, 0.25) is 0 Å². The summed E-state index contributed by atoms with van der Waals surface area (Å²) in [5, 5.41) is 0. The van der Waals surface area contributed by atoms with Gasteiger partial charge in [-0.3, -0.25) is 0 Å². The number of nitrogens with one attached hydrogen (secondary N) is 1. The second kappa shape index (κ2) is 8.41. The monoisotopic (exact) mass is 442 g/mol. The number of rotatable bonds is 4. The molecule has 8 heteroatoms. The van der Waals surface area contributed by atoms with Gasteiger partial charge in [-0.1, -0.05) is 24.3 Å². The predicted octanol–water partition coefficient (Wildman–Crippen LogP) is 3.20. The van der Waals surface area contributed by atoms with Crippen LogP contribution in [0.4, 0.5) is 5.82 Å². The van der Waals surface area contributed by atoms with Crippen molar-refractivity contribution < 1.29 is 14.1 Å². The molecule has 1 aromatic heterocycles. The maximum Gasteiger partial charge on any atom is 0.360 e. The number of esters is 1. The molecular weight excluding hydrogens is 412 g/mol. The predicted molar refractivity (Wildman–Crippen MR) is 121 cm³/mol. The molecule has 166 valence electrons. The zero-order valence-electron chi connectivity index (χ0n) is 18.6. The van der Waals surface area contributed by atoms with Gasteiger partial charge in [-0.25, -0.2) is 14.8 Å². The molecule has 1 aromatic carbocycles. The second-order valence-corrected chi connectivity index (χ2v) is 11.4. The number of fused-ring (bicyclic) bond motifs is 1. The lowest BCUT2D eigenvalue weighted by atomic mass is 9.73. The van der Waals surface area contributed by atoms with E-state index in [0.717, 1.165) is 32.4 Å². The van der Waals surface area contributed by atoms with Crippen molar-refractivity contribution in [2.24, 2.45) is 5.41 Å². The minimum atomic E-state index is -1.17. The zero-order valence-corrected chi connectivity index (χ0v) is 19.4. The Bertz CT molecular complexity index is 954. The second-order valence-electron chi connectivity index (χ2n) is 9.38. The van der Waals surface area contributed by atoms with Crippen LogP contribution in [-0.2, 0) is 22.5 Å². The van der Waals surface area contributed by atoms with E-state index in [0.29, 0.717) is 5.82 Å². The first kappa shape index (κ1) is 22.0. The molecule has 1 N–H and O–H groups in total. The largest absolute Gasteiger partial charge is 0.598 e. The maximum atomic E-state index is 13.0. The van der Waals surface area contributed by atoms with Crippen LogP contribution in [0.5, 0.6) is 0 Å². The summed E-state index contributed by atoms with van der Waals surface area (Å²) in [5.41, 5.74) is 2.81. The molecule has 2 atom stereocenters. The van der Waals surface area contributed by atoms with Crippen molar-refractivity contribution in [3.05, 3.63) is 53.5 Å². The normalized spacial score (nSPS) is 21.1. The average Bonchev–Trinajstić information content (AvgIpc) is 3.06. The summed E-state index contributed by atoms with van der Waals surface area (Å²) in [6.45, 7) is 7.48. The highest BCUT2D eigenvalue weighted by Gasteiger charge is 2.50. The molecule has 2 heterocycles. The number of benzene rings is 1. The molecule has 1 aliphatic carbocycles. The average molecular weight is 443 g/mol. The summed E-state index contributed by atoms with van der Waals surface area (Å²) in [6.07, 6.45) is 5.88. The molecule has 2 aliphatic rings. The summed E-state index contributed by atoms with van der Waals surface area (Å²) in [6, 6.07) is 8.51. The van der Waals surface area contributed by atoms with Crippen molar-refractivity contribution in [3.8, 4) is 0 Å². The van der Waals surface area contributed by atoms with E-state index in [-0.39, 0.29) is 21.9 Å². The van der Waals surface area contributed by atoms with E-state index in [1.54, 1.807) is 6.20 Å². The third kappa shape index (κ3) is 4.16. The van der Waals surface area contributed by atoms with Gasteiger partial charge in [0.05, 0.1) is 13.2 Å². The maximum absolute atomic E-state index is 13.0. The molecule has 0 saturated carbocycles. The molecule has 1 fully saturated rings. The van der Waals surface area contributed by atoms with E-state index >= 15 is 0 Å². The molecule has 1 spiro atoms. The van der Waals surface area contributed by atoms with Crippen molar-refractivity contribution in [1.82, 2.24) is 14.7 Å². The van der Waals surface area contributed by atoms with Crippen LogP contribution < -0.4 is 9.62 Å². The van der Waals surface area contributed by atoms with Gasteiger partial charge in [0.15, 0.2) is 11.5 Å². The van der Waals surface area contributed by atoms with Crippen molar-refractivity contribution in [2.75, 3.05) is 25.1 Å². The number of methoxy groups -OCH3 is 1. The number of carbonyl (C=O) groups is 1. The lowest BCUT2D eigenvalue weighted by Crippen LogP contribution is -2.50. The lowest BCUT2D eigenvalue weighted by molar-refractivity contribution is 0.0594. The molecule has 0 bridgehead atoms. The smallest absolute Gasteiger partial charge is 0.360 e. The van der Waals surface area contributed by atoms with Crippen molar-refractivity contribution in [1.29, 1.82) is 0 Å². The Kier molecular flexibility index (Phi) is 5.98. The Labute approximate surface area is 186 Å². The van der Waals surface area contributed by atoms with Crippen LogP contribution in [0.2, 0.25) is 0 Å². The summed E-state index contributed by atoms with van der Waals surface area (Å²) >= 11 is -1.17. The van der Waals surface area contributed by atoms with Crippen molar-refractivity contribution >= 4 is 23.1 Å². The minimum absolute atomic E-state index is 0.0191. The van der Waals surface area contributed by atoms with Gasteiger partial charge in [0.25, 0.3) is 0 Å². The summed E-state index contributed by atoms with van der Waals surface area (Å²) in [5.74, 6) is 0.0965. The van der Waals surface area contributed by atoms with Crippen LogP contribution >= 0.6 is 0 Å². The van der Waals surface area contributed by atoms with Crippen LogP contribution in [0, 0.1) is 5.41 Å². The molecule has 7 nitrogen and oxygen atoms in total. The molecular formula is C23H30N4O3S. The Hall–Kier alpha value is -2.16. The lowest BCUT2D eigenvalue weighted by Gasteiger charge is -2.44. The van der Waals surface area contributed by atoms with Gasteiger partial charge in [-0.05, 0) is 51.2 Å². The first-order chi connectivity index (χ1) is 14.7.